The van der Waals surface area contributed by atoms with Crippen LogP contribution in [0.15, 0.2) is 16.6 Å². The van der Waals surface area contributed by atoms with Crippen molar-refractivity contribution in [1.82, 2.24) is 5.32 Å². The zero-order chi connectivity index (χ0) is 12.3. The van der Waals surface area contributed by atoms with Crippen molar-refractivity contribution in [2.75, 3.05) is 12.3 Å². The molecule has 1 aromatic rings. The van der Waals surface area contributed by atoms with E-state index in [9.17, 15) is 4.79 Å². The zero-order valence-electron chi connectivity index (χ0n) is 9.25. The van der Waals surface area contributed by atoms with Crippen molar-refractivity contribution in [1.29, 1.82) is 0 Å². The van der Waals surface area contributed by atoms with Crippen LogP contribution in [0.4, 0.5) is 5.69 Å². The molecule has 0 heterocycles. The highest BCUT2D eigenvalue weighted by Gasteiger charge is 2.12. The van der Waals surface area contributed by atoms with E-state index in [1.165, 1.54) is 0 Å². The second-order valence-electron chi connectivity index (χ2n) is 3.73. The normalized spacial score (nSPS) is 12.2. The second-order valence-corrected chi connectivity index (χ2v) is 4.64. The maximum absolute atomic E-state index is 11.8. The van der Waals surface area contributed by atoms with Gasteiger partial charge in [-0.2, -0.15) is 0 Å². The number of anilines is 1. The van der Waals surface area contributed by atoms with E-state index in [4.69, 9.17) is 10.8 Å². The van der Waals surface area contributed by atoms with Crippen molar-refractivity contribution in [2.45, 2.75) is 20.0 Å². The minimum absolute atomic E-state index is 0.227. The number of rotatable bonds is 3. The summed E-state index contributed by atoms with van der Waals surface area (Å²) in [6.45, 7) is 3.63. The lowest BCUT2D eigenvalue weighted by molar-refractivity contribution is 0.0923. The van der Waals surface area contributed by atoms with Gasteiger partial charge in [-0.3, -0.25) is 4.79 Å². The number of carbonyl (C=O) groups is 1. The molecule has 4 N–H and O–H groups in total. The van der Waals surface area contributed by atoms with E-state index in [-0.39, 0.29) is 12.5 Å². The fourth-order valence-electron chi connectivity index (χ4n) is 1.27. The second kappa shape index (κ2) is 5.32. The van der Waals surface area contributed by atoms with E-state index in [1.54, 1.807) is 26.0 Å². The Morgan fingerprint density at radius 3 is 2.81 bits per heavy atom. The third-order valence-corrected chi connectivity index (χ3v) is 2.67. The van der Waals surface area contributed by atoms with Gasteiger partial charge in [-0.15, -0.1) is 0 Å². The summed E-state index contributed by atoms with van der Waals surface area (Å²) in [5.74, 6) is -0.230. The number of nitrogen functional groups attached to an aromatic ring is 1. The van der Waals surface area contributed by atoms with Crippen LogP contribution in [0.3, 0.4) is 0 Å². The first-order chi connectivity index (χ1) is 7.41. The third-order valence-electron chi connectivity index (χ3n) is 2.22. The molecule has 1 atom stereocenters. The van der Waals surface area contributed by atoms with Gasteiger partial charge in [0.2, 0.25) is 0 Å². The van der Waals surface area contributed by atoms with E-state index in [1.807, 2.05) is 0 Å². The summed E-state index contributed by atoms with van der Waals surface area (Å²) >= 11 is 3.29. The van der Waals surface area contributed by atoms with Crippen LogP contribution in [0.2, 0.25) is 0 Å². The molecule has 0 spiro atoms. The van der Waals surface area contributed by atoms with Gasteiger partial charge in [-0.05, 0) is 31.5 Å². The smallest absolute Gasteiger partial charge is 0.251 e. The molecular weight excluding hydrogens is 272 g/mol. The standard InChI is InChI=1S/C11H15BrN2O2/c1-6(15)5-14-11(16)9-3-8(12)4-10(13)7(9)2/h3-4,6,15H,5,13H2,1-2H3,(H,14,16)/t6-/m0/s1. The number of nitrogens with two attached hydrogens (primary N) is 1. The lowest BCUT2D eigenvalue weighted by Gasteiger charge is -2.11. The van der Waals surface area contributed by atoms with Crippen LogP contribution in [-0.2, 0) is 0 Å². The number of halogens is 1. The van der Waals surface area contributed by atoms with Crippen LogP contribution in [0.5, 0.6) is 0 Å². The van der Waals surface area contributed by atoms with E-state index < -0.39 is 6.10 Å². The Hall–Kier alpha value is -1.07. The highest BCUT2D eigenvalue weighted by molar-refractivity contribution is 9.10. The van der Waals surface area contributed by atoms with Crippen molar-refractivity contribution in [3.63, 3.8) is 0 Å². The number of benzene rings is 1. The fourth-order valence-corrected chi connectivity index (χ4v) is 1.75. The van der Waals surface area contributed by atoms with Crippen LogP contribution >= 0.6 is 15.9 Å². The average Bonchev–Trinajstić information content (AvgIpc) is 2.19. The molecule has 5 heteroatoms. The quantitative estimate of drug-likeness (QED) is 0.736. The molecule has 0 aliphatic heterocycles. The average molecular weight is 287 g/mol. The molecule has 0 aliphatic rings. The third kappa shape index (κ3) is 3.21. The summed E-state index contributed by atoms with van der Waals surface area (Å²) in [6, 6.07) is 3.46. The molecule has 0 fully saturated rings. The van der Waals surface area contributed by atoms with Crippen LogP contribution in [0.25, 0.3) is 0 Å². The Bertz CT molecular complexity index is 405. The Morgan fingerprint density at radius 1 is 1.62 bits per heavy atom. The van der Waals surface area contributed by atoms with E-state index in [0.29, 0.717) is 11.3 Å². The number of hydrogen-bond acceptors (Lipinski definition) is 3. The number of nitrogens with one attached hydrogen (secondary N) is 1. The fraction of sp³-hybridized carbons (Fsp3) is 0.364. The largest absolute Gasteiger partial charge is 0.398 e. The summed E-state index contributed by atoms with van der Waals surface area (Å²) in [5, 5.41) is 11.7. The SMILES string of the molecule is Cc1c(N)cc(Br)cc1C(=O)NC[C@H](C)O. The van der Waals surface area contributed by atoms with Gasteiger partial charge in [0.1, 0.15) is 0 Å². The molecule has 4 nitrogen and oxygen atoms in total. The Labute approximate surface area is 103 Å². The predicted octanol–water partition coefficient (Wildman–Crippen LogP) is 1.45. The maximum Gasteiger partial charge on any atom is 0.251 e. The van der Waals surface area contributed by atoms with Crippen molar-refractivity contribution in [2.24, 2.45) is 0 Å². The Balaban J connectivity index is 2.91. The molecule has 0 aliphatic carbocycles. The van der Waals surface area contributed by atoms with Crippen LogP contribution in [0.1, 0.15) is 22.8 Å². The number of amides is 1. The van der Waals surface area contributed by atoms with Gasteiger partial charge in [0.15, 0.2) is 0 Å². The lowest BCUT2D eigenvalue weighted by atomic mass is 10.1. The first kappa shape index (κ1) is 13.0. The summed E-state index contributed by atoms with van der Waals surface area (Å²) in [5.41, 5.74) is 7.58. The first-order valence-corrected chi connectivity index (χ1v) is 5.73. The highest BCUT2D eigenvalue weighted by atomic mass is 79.9. The maximum atomic E-state index is 11.8. The lowest BCUT2D eigenvalue weighted by Crippen LogP contribution is -2.31. The van der Waals surface area contributed by atoms with E-state index in [2.05, 4.69) is 21.2 Å². The summed E-state index contributed by atoms with van der Waals surface area (Å²) in [7, 11) is 0. The molecule has 0 radical (unpaired) electrons. The van der Waals surface area contributed by atoms with Gasteiger partial charge in [0, 0.05) is 22.3 Å². The van der Waals surface area contributed by atoms with Gasteiger partial charge in [-0.25, -0.2) is 0 Å². The molecule has 16 heavy (non-hydrogen) atoms. The molecule has 0 unspecified atom stereocenters. The number of hydrogen-bond donors (Lipinski definition) is 3. The van der Waals surface area contributed by atoms with Gasteiger partial charge in [-0.1, -0.05) is 15.9 Å². The first-order valence-electron chi connectivity index (χ1n) is 4.93. The molecule has 0 bridgehead atoms. The summed E-state index contributed by atoms with van der Waals surface area (Å²) in [6.07, 6.45) is -0.561. The Morgan fingerprint density at radius 2 is 2.25 bits per heavy atom. The minimum atomic E-state index is -0.561. The van der Waals surface area contributed by atoms with Gasteiger partial charge >= 0.3 is 0 Å². The number of carbonyl (C=O) groups excluding carboxylic acids is 1. The van der Waals surface area contributed by atoms with Gasteiger partial charge < -0.3 is 16.2 Å². The van der Waals surface area contributed by atoms with Crippen LogP contribution < -0.4 is 11.1 Å². The van der Waals surface area contributed by atoms with E-state index in [0.717, 1.165) is 10.0 Å². The van der Waals surface area contributed by atoms with E-state index >= 15 is 0 Å². The Kier molecular flexibility index (Phi) is 4.32. The highest BCUT2D eigenvalue weighted by Crippen LogP contribution is 2.22. The van der Waals surface area contributed by atoms with Crippen molar-refractivity contribution >= 4 is 27.5 Å². The number of aliphatic hydroxyl groups is 1. The number of aliphatic hydroxyl groups excluding tert-OH is 1. The van der Waals surface area contributed by atoms with Crippen molar-refractivity contribution in [3.05, 3.63) is 27.7 Å². The van der Waals surface area contributed by atoms with Gasteiger partial charge in [0.25, 0.3) is 5.91 Å². The van der Waals surface area contributed by atoms with Crippen molar-refractivity contribution < 1.29 is 9.90 Å². The monoisotopic (exact) mass is 286 g/mol. The summed E-state index contributed by atoms with van der Waals surface area (Å²) < 4.78 is 0.762. The summed E-state index contributed by atoms with van der Waals surface area (Å²) in [4.78, 5) is 11.8. The molecule has 0 saturated carbocycles. The van der Waals surface area contributed by atoms with Crippen molar-refractivity contribution in [3.8, 4) is 0 Å². The molecule has 1 amide bonds. The molecule has 0 saturated heterocycles. The van der Waals surface area contributed by atoms with Gasteiger partial charge in [0.05, 0.1) is 6.10 Å². The van der Waals surface area contributed by atoms with Crippen LogP contribution in [-0.4, -0.2) is 23.7 Å². The molecule has 1 aromatic carbocycles. The molecule has 0 aromatic heterocycles. The molecule has 88 valence electrons. The molecular formula is C11H15BrN2O2. The zero-order valence-corrected chi connectivity index (χ0v) is 10.8. The van der Waals surface area contributed by atoms with Crippen LogP contribution in [0, 0.1) is 6.92 Å². The topological polar surface area (TPSA) is 75.4 Å². The molecule has 1 rings (SSSR count). The predicted molar refractivity (Wildman–Crippen MR) is 67.3 cm³/mol. The minimum Gasteiger partial charge on any atom is -0.398 e.